The van der Waals surface area contributed by atoms with Gasteiger partial charge in [0.1, 0.15) is 11.6 Å². The lowest BCUT2D eigenvalue weighted by atomic mass is 9.92. The molecule has 3 rings (SSSR count). The normalized spacial score (nSPS) is 27.2. The Kier molecular flexibility index (Phi) is 3.46. The Bertz CT molecular complexity index is 469. The highest BCUT2D eigenvalue weighted by Crippen LogP contribution is 2.32. The Morgan fingerprint density at radius 1 is 1.05 bits per heavy atom. The predicted octanol–water partition coefficient (Wildman–Crippen LogP) is 3.29. The molecule has 2 heterocycles. The van der Waals surface area contributed by atoms with Crippen molar-refractivity contribution < 1.29 is 0 Å². The van der Waals surface area contributed by atoms with Crippen molar-refractivity contribution in [3.8, 4) is 0 Å². The number of piperidine rings is 1. The summed E-state index contributed by atoms with van der Waals surface area (Å²) in [6.45, 7) is 7.90. The van der Waals surface area contributed by atoms with Gasteiger partial charge in [0.25, 0.3) is 0 Å². The zero-order chi connectivity index (χ0) is 13.4. The highest BCUT2D eigenvalue weighted by atomic mass is 15.2. The minimum absolute atomic E-state index is 0.622. The van der Waals surface area contributed by atoms with Crippen molar-refractivity contribution >= 4 is 5.82 Å². The fraction of sp³-hybridized carbons (Fsp3) is 0.750. The molecule has 0 bridgehead atoms. The van der Waals surface area contributed by atoms with Gasteiger partial charge in [0, 0.05) is 23.8 Å². The van der Waals surface area contributed by atoms with Crippen LogP contribution >= 0.6 is 0 Å². The highest BCUT2D eigenvalue weighted by molar-refractivity contribution is 5.51. The van der Waals surface area contributed by atoms with Crippen molar-refractivity contribution in [3.05, 3.63) is 17.1 Å². The summed E-state index contributed by atoms with van der Waals surface area (Å²) in [7, 11) is 0. The molecule has 0 saturated carbocycles. The summed E-state index contributed by atoms with van der Waals surface area (Å²) in [6.07, 6.45) is 7.54. The molecule has 0 amide bonds. The van der Waals surface area contributed by atoms with E-state index in [1.165, 1.54) is 49.2 Å². The zero-order valence-corrected chi connectivity index (χ0v) is 12.4. The minimum atomic E-state index is 0.622. The van der Waals surface area contributed by atoms with Crippen LogP contribution in [0.15, 0.2) is 0 Å². The number of hydrogen-bond acceptors (Lipinski definition) is 3. The third-order valence-electron chi connectivity index (χ3n) is 4.66. The van der Waals surface area contributed by atoms with Gasteiger partial charge in [-0.05, 0) is 58.3 Å². The zero-order valence-electron chi connectivity index (χ0n) is 12.4. The summed E-state index contributed by atoms with van der Waals surface area (Å²) in [5, 5.41) is 0. The van der Waals surface area contributed by atoms with Gasteiger partial charge in [-0.1, -0.05) is 6.92 Å². The number of nitrogens with zero attached hydrogens (tertiary/aromatic N) is 3. The summed E-state index contributed by atoms with van der Waals surface area (Å²) in [5.74, 6) is 2.98. The van der Waals surface area contributed by atoms with Gasteiger partial charge in [0.2, 0.25) is 0 Å². The Balaban J connectivity index is 2.01. The van der Waals surface area contributed by atoms with Crippen LogP contribution in [0, 0.1) is 12.8 Å². The lowest BCUT2D eigenvalue weighted by Crippen LogP contribution is -2.42. The second-order valence-electron chi connectivity index (χ2n) is 6.41. The summed E-state index contributed by atoms with van der Waals surface area (Å²) in [5.41, 5.74) is 2.76. The molecule has 1 aromatic rings. The second-order valence-corrected chi connectivity index (χ2v) is 6.41. The number of rotatable bonds is 1. The number of aryl methyl sites for hydroxylation is 2. The Labute approximate surface area is 116 Å². The first-order valence-electron chi connectivity index (χ1n) is 7.78. The largest absolute Gasteiger partial charge is 0.353 e. The average molecular weight is 259 g/mol. The molecule has 1 aromatic heterocycles. The molecule has 104 valence electrons. The van der Waals surface area contributed by atoms with Crippen LogP contribution in [0.2, 0.25) is 0 Å². The quantitative estimate of drug-likeness (QED) is 0.775. The van der Waals surface area contributed by atoms with Crippen molar-refractivity contribution in [2.75, 3.05) is 11.4 Å². The third kappa shape index (κ3) is 2.47. The van der Waals surface area contributed by atoms with Gasteiger partial charge < -0.3 is 4.90 Å². The van der Waals surface area contributed by atoms with Crippen molar-refractivity contribution in [1.82, 2.24) is 9.97 Å². The monoisotopic (exact) mass is 259 g/mol. The van der Waals surface area contributed by atoms with Gasteiger partial charge >= 0.3 is 0 Å². The Morgan fingerprint density at radius 3 is 2.68 bits per heavy atom. The molecule has 2 unspecified atom stereocenters. The molecule has 1 fully saturated rings. The van der Waals surface area contributed by atoms with E-state index in [0.717, 1.165) is 24.7 Å². The smallest absolute Gasteiger partial charge is 0.136 e. The standard InChI is InChI=1S/C16H25N3/c1-11-8-9-12(2)19(10-11)16-14-6-4-5-7-15(14)17-13(3)18-16/h11-12H,4-10H2,1-3H3. The molecule has 0 spiro atoms. The van der Waals surface area contributed by atoms with Crippen LogP contribution in [0.25, 0.3) is 0 Å². The SMILES string of the molecule is Cc1nc2c(c(N3CC(C)CCC3C)n1)CCCC2. The average Bonchev–Trinajstić information content (AvgIpc) is 2.40. The Morgan fingerprint density at radius 2 is 1.84 bits per heavy atom. The van der Waals surface area contributed by atoms with E-state index in [2.05, 4.69) is 23.7 Å². The van der Waals surface area contributed by atoms with Gasteiger partial charge in [-0.25, -0.2) is 9.97 Å². The van der Waals surface area contributed by atoms with E-state index in [-0.39, 0.29) is 0 Å². The molecule has 2 atom stereocenters. The summed E-state index contributed by atoms with van der Waals surface area (Å²) >= 11 is 0. The second kappa shape index (κ2) is 5.10. The van der Waals surface area contributed by atoms with E-state index in [1.807, 2.05) is 6.92 Å². The van der Waals surface area contributed by atoms with Crippen molar-refractivity contribution in [2.45, 2.75) is 65.3 Å². The molecule has 1 aliphatic carbocycles. The maximum absolute atomic E-state index is 4.81. The molecule has 1 aliphatic heterocycles. The highest BCUT2D eigenvalue weighted by Gasteiger charge is 2.28. The van der Waals surface area contributed by atoms with Crippen LogP contribution in [-0.4, -0.2) is 22.6 Å². The first kappa shape index (κ1) is 12.9. The lowest BCUT2D eigenvalue weighted by Gasteiger charge is -2.39. The topological polar surface area (TPSA) is 29.0 Å². The maximum Gasteiger partial charge on any atom is 0.136 e. The number of hydrogen-bond donors (Lipinski definition) is 0. The van der Waals surface area contributed by atoms with E-state index < -0.39 is 0 Å². The summed E-state index contributed by atoms with van der Waals surface area (Å²) in [6, 6.07) is 0.622. The van der Waals surface area contributed by atoms with Crippen LogP contribution in [-0.2, 0) is 12.8 Å². The van der Waals surface area contributed by atoms with Crippen molar-refractivity contribution in [1.29, 1.82) is 0 Å². The van der Waals surface area contributed by atoms with Crippen LogP contribution in [0.4, 0.5) is 5.82 Å². The van der Waals surface area contributed by atoms with Crippen molar-refractivity contribution in [3.63, 3.8) is 0 Å². The third-order valence-corrected chi connectivity index (χ3v) is 4.66. The minimum Gasteiger partial charge on any atom is -0.353 e. The van der Waals surface area contributed by atoms with E-state index in [0.29, 0.717) is 6.04 Å². The molecular weight excluding hydrogens is 234 g/mol. The Hall–Kier alpha value is -1.12. The molecule has 3 nitrogen and oxygen atoms in total. The van der Waals surface area contributed by atoms with Crippen LogP contribution < -0.4 is 4.90 Å². The molecule has 0 aromatic carbocycles. The predicted molar refractivity (Wildman–Crippen MR) is 78.6 cm³/mol. The van der Waals surface area contributed by atoms with E-state index in [1.54, 1.807) is 0 Å². The first-order valence-corrected chi connectivity index (χ1v) is 7.78. The maximum atomic E-state index is 4.81. The molecular formula is C16H25N3. The number of aromatic nitrogens is 2. The fourth-order valence-corrected chi connectivity index (χ4v) is 3.52. The fourth-order valence-electron chi connectivity index (χ4n) is 3.52. The van der Waals surface area contributed by atoms with Crippen LogP contribution in [0.3, 0.4) is 0 Å². The molecule has 2 aliphatic rings. The van der Waals surface area contributed by atoms with Gasteiger partial charge in [0.05, 0.1) is 0 Å². The molecule has 0 radical (unpaired) electrons. The van der Waals surface area contributed by atoms with Crippen LogP contribution in [0.5, 0.6) is 0 Å². The van der Waals surface area contributed by atoms with Gasteiger partial charge in [0.15, 0.2) is 0 Å². The molecule has 1 saturated heterocycles. The number of fused-ring (bicyclic) bond motifs is 1. The number of anilines is 1. The van der Waals surface area contributed by atoms with Crippen LogP contribution in [0.1, 0.15) is 56.6 Å². The van der Waals surface area contributed by atoms with E-state index in [4.69, 9.17) is 4.98 Å². The summed E-state index contributed by atoms with van der Waals surface area (Å²) in [4.78, 5) is 12.0. The molecule has 19 heavy (non-hydrogen) atoms. The molecule has 0 N–H and O–H groups in total. The molecule has 3 heteroatoms. The van der Waals surface area contributed by atoms with Crippen molar-refractivity contribution in [2.24, 2.45) is 5.92 Å². The lowest BCUT2D eigenvalue weighted by molar-refractivity contribution is 0.386. The summed E-state index contributed by atoms with van der Waals surface area (Å²) < 4.78 is 0. The van der Waals surface area contributed by atoms with E-state index in [9.17, 15) is 0 Å². The first-order chi connectivity index (χ1) is 9.15. The van der Waals surface area contributed by atoms with E-state index >= 15 is 0 Å². The van der Waals surface area contributed by atoms with Gasteiger partial charge in [-0.2, -0.15) is 0 Å². The van der Waals surface area contributed by atoms with Gasteiger partial charge in [-0.15, -0.1) is 0 Å². The van der Waals surface area contributed by atoms with Gasteiger partial charge in [-0.3, -0.25) is 0 Å².